The van der Waals surface area contributed by atoms with Crippen molar-refractivity contribution in [1.82, 2.24) is 14.8 Å². The van der Waals surface area contributed by atoms with Crippen molar-refractivity contribution in [2.24, 2.45) is 0 Å². The maximum absolute atomic E-state index is 13.8. The molecule has 0 radical (unpaired) electrons. The highest BCUT2D eigenvalue weighted by Gasteiger charge is 2.48. The number of ether oxygens (including phenoxy) is 1. The first-order chi connectivity index (χ1) is 18.0. The van der Waals surface area contributed by atoms with Gasteiger partial charge in [-0.3, -0.25) is 9.59 Å². The molecule has 8 heteroatoms. The summed E-state index contributed by atoms with van der Waals surface area (Å²) in [7, 11) is 1.35. The Hall–Kier alpha value is -3.65. The first-order valence-corrected chi connectivity index (χ1v) is 13.2. The van der Waals surface area contributed by atoms with Gasteiger partial charge in [-0.05, 0) is 43.2 Å². The SMILES string of the molecule is CC[NH+](CC)CCCN1CC(=O)N2[C@H](c3ccc(C(=O)OC)cc3)c3[nH]c4ccccc4c3C[C@H]2C1=O. The van der Waals surface area contributed by atoms with Crippen LogP contribution in [0.4, 0.5) is 0 Å². The van der Waals surface area contributed by atoms with Crippen LogP contribution in [0.1, 0.15) is 53.5 Å². The van der Waals surface area contributed by atoms with Gasteiger partial charge in [0, 0.05) is 36.0 Å². The normalized spacial score (nSPS) is 19.4. The van der Waals surface area contributed by atoms with Crippen LogP contribution in [0.2, 0.25) is 0 Å². The van der Waals surface area contributed by atoms with E-state index in [-0.39, 0.29) is 18.4 Å². The van der Waals surface area contributed by atoms with Gasteiger partial charge in [-0.15, -0.1) is 0 Å². The van der Waals surface area contributed by atoms with E-state index in [1.165, 1.54) is 12.0 Å². The highest BCUT2D eigenvalue weighted by atomic mass is 16.5. The number of piperazine rings is 1. The number of para-hydroxylation sites is 1. The van der Waals surface area contributed by atoms with E-state index < -0.39 is 18.1 Å². The van der Waals surface area contributed by atoms with Gasteiger partial charge in [0.25, 0.3) is 0 Å². The van der Waals surface area contributed by atoms with Gasteiger partial charge in [-0.1, -0.05) is 30.3 Å². The third kappa shape index (κ3) is 4.50. The number of hydrogen-bond acceptors (Lipinski definition) is 4. The van der Waals surface area contributed by atoms with Gasteiger partial charge >= 0.3 is 5.97 Å². The van der Waals surface area contributed by atoms with E-state index in [9.17, 15) is 14.4 Å². The van der Waals surface area contributed by atoms with Gasteiger partial charge in [-0.2, -0.15) is 0 Å². The fraction of sp³-hybridized carbons (Fsp3) is 0.414. The van der Waals surface area contributed by atoms with Gasteiger partial charge in [0.1, 0.15) is 6.04 Å². The summed E-state index contributed by atoms with van der Waals surface area (Å²) in [6.45, 7) is 8.13. The summed E-state index contributed by atoms with van der Waals surface area (Å²) < 4.78 is 4.85. The Bertz CT molecular complexity index is 1310. The number of H-pyrrole nitrogens is 1. The first kappa shape index (κ1) is 25.0. The largest absolute Gasteiger partial charge is 0.465 e. The van der Waals surface area contributed by atoms with Gasteiger partial charge in [0.2, 0.25) is 11.8 Å². The molecule has 1 saturated heterocycles. The van der Waals surface area contributed by atoms with Crippen LogP contribution in [0, 0.1) is 0 Å². The molecule has 2 atom stereocenters. The Morgan fingerprint density at radius 3 is 2.51 bits per heavy atom. The molecular formula is C29H35N4O4+. The molecule has 3 aromatic rings. The molecule has 3 heterocycles. The van der Waals surface area contributed by atoms with Crippen LogP contribution in [0.5, 0.6) is 0 Å². The van der Waals surface area contributed by atoms with Gasteiger partial charge in [0.05, 0.1) is 44.9 Å². The number of nitrogens with zero attached hydrogens (tertiary/aromatic N) is 2. The molecule has 2 amide bonds. The van der Waals surface area contributed by atoms with E-state index in [4.69, 9.17) is 4.74 Å². The Morgan fingerprint density at radius 2 is 1.81 bits per heavy atom. The lowest BCUT2D eigenvalue weighted by atomic mass is 9.86. The molecule has 1 aromatic heterocycles. The minimum atomic E-state index is -0.556. The molecule has 2 aliphatic rings. The number of nitrogens with one attached hydrogen (secondary N) is 2. The van der Waals surface area contributed by atoms with Crippen molar-refractivity contribution in [3.8, 4) is 0 Å². The molecule has 37 heavy (non-hydrogen) atoms. The summed E-state index contributed by atoms with van der Waals surface area (Å²) in [5, 5.41) is 1.08. The topological polar surface area (TPSA) is 87.2 Å². The van der Waals surface area contributed by atoms with E-state index >= 15 is 0 Å². The molecule has 5 rings (SSSR count). The summed E-state index contributed by atoms with van der Waals surface area (Å²) >= 11 is 0. The van der Waals surface area contributed by atoms with Crippen LogP contribution in [0.25, 0.3) is 10.9 Å². The summed E-state index contributed by atoms with van der Waals surface area (Å²) in [5.41, 5.74) is 4.29. The van der Waals surface area contributed by atoms with Gasteiger partial charge < -0.3 is 24.4 Å². The van der Waals surface area contributed by atoms with Crippen molar-refractivity contribution in [1.29, 1.82) is 0 Å². The number of carbonyl (C=O) groups is 3. The van der Waals surface area contributed by atoms with Crippen molar-refractivity contribution in [3.63, 3.8) is 0 Å². The lowest BCUT2D eigenvalue weighted by Gasteiger charge is -2.47. The molecule has 1 fully saturated rings. The fourth-order valence-electron chi connectivity index (χ4n) is 5.90. The number of carbonyl (C=O) groups excluding carboxylic acids is 3. The number of aromatic nitrogens is 1. The van der Waals surface area contributed by atoms with Gasteiger partial charge in [-0.25, -0.2) is 4.79 Å². The predicted molar refractivity (Wildman–Crippen MR) is 140 cm³/mol. The Kier molecular flexibility index (Phi) is 7.02. The first-order valence-electron chi connectivity index (χ1n) is 13.2. The second-order valence-electron chi connectivity index (χ2n) is 9.92. The predicted octanol–water partition coefficient (Wildman–Crippen LogP) is 1.95. The minimum Gasteiger partial charge on any atom is -0.465 e. The third-order valence-electron chi connectivity index (χ3n) is 7.95. The lowest BCUT2D eigenvalue weighted by molar-refractivity contribution is -0.896. The standard InChI is InChI=1S/C29H34N4O4/c1-4-31(5-2)15-8-16-32-18-25(34)33-24(28(32)35)17-22-21-9-6-7-10-23(21)30-26(22)27(33)19-11-13-20(14-12-19)29(36)37-3/h6-7,9-14,24,27,30H,4-5,8,15-18H2,1-3H3/p+1/t24-,27+/m0/s1. The van der Waals surface area contributed by atoms with Crippen LogP contribution in [-0.4, -0.2) is 78.4 Å². The van der Waals surface area contributed by atoms with E-state index in [1.807, 2.05) is 30.3 Å². The highest BCUT2D eigenvalue weighted by Crippen LogP contribution is 2.42. The molecule has 0 unspecified atom stereocenters. The fourth-order valence-corrected chi connectivity index (χ4v) is 5.90. The van der Waals surface area contributed by atoms with Crippen molar-refractivity contribution in [2.45, 2.75) is 38.8 Å². The van der Waals surface area contributed by atoms with Crippen LogP contribution in [0.3, 0.4) is 0 Å². The Balaban J connectivity index is 1.51. The second kappa shape index (κ2) is 10.4. The zero-order valence-corrected chi connectivity index (χ0v) is 21.8. The highest BCUT2D eigenvalue weighted by molar-refractivity contribution is 5.97. The van der Waals surface area contributed by atoms with Crippen molar-refractivity contribution in [3.05, 3.63) is 70.9 Å². The number of esters is 1. The van der Waals surface area contributed by atoms with Gasteiger partial charge in [0.15, 0.2) is 0 Å². The maximum Gasteiger partial charge on any atom is 0.337 e. The summed E-state index contributed by atoms with van der Waals surface area (Å²) in [4.78, 5) is 48.0. The van der Waals surface area contributed by atoms with Crippen molar-refractivity contribution < 1.29 is 24.0 Å². The Morgan fingerprint density at radius 1 is 1.08 bits per heavy atom. The van der Waals surface area contributed by atoms with Crippen molar-refractivity contribution in [2.75, 3.05) is 39.8 Å². The molecule has 2 N–H and O–H groups in total. The summed E-state index contributed by atoms with van der Waals surface area (Å²) in [6.07, 6.45) is 1.36. The van der Waals surface area contributed by atoms with Crippen LogP contribution in [-0.2, 0) is 20.7 Å². The molecule has 0 bridgehead atoms. The third-order valence-corrected chi connectivity index (χ3v) is 7.95. The van der Waals surface area contributed by atoms with Crippen LogP contribution < -0.4 is 4.90 Å². The van der Waals surface area contributed by atoms with Crippen LogP contribution >= 0.6 is 0 Å². The van der Waals surface area contributed by atoms with E-state index in [0.29, 0.717) is 18.5 Å². The number of hydrogen-bond donors (Lipinski definition) is 2. The van der Waals surface area contributed by atoms with E-state index in [1.54, 1.807) is 21.9 Å². The molecule has 8 nitrogen and oxygen atoms in total. The number of benzene rings is 2. The van der Waals surface area contributed by atoms with Crippen LogP contribution in [0.15, 0.2) is 48.5 Å². The molecule has 194 valence electrons. The van der Waals surface area contributed by atoms with Crippen molar-refractivity contribution >= 4 is 28.7 Å². The minimum absolute atomic E-state index is 0.0151. The van der Waals surface area contributed by atoms with E-state index in [0.717, 1.165) is 53.8 Å². The number of amides is 2. The maximum atomic E-state index is 13.8. The average Bonchev–Trinajstić information content (AvgIpc) is 3.30. The smallest absolute Gasteiger partial charge is 0.337 e. The molecule has 2 aliphatic heterocycles. The zero-order chi connectivity index (χ0) is 26.1. The summed E-state index contributed by atoms with van der Waals surface area (Å²) in [6, 6.07) is 14.2. The molecule has 0 spiro atoms. The second-order valence-corrected chi connectivity index (χ2v) is 9.92. The average molecular weight is 504 g/mol. The molecule has 2 aromatic carbocycles. The zero-order valence-electron chi connectivity index (χ0n) is 21.8. The summed E-state index contributed by atoms with van der Waals surface area (Å²) in [5.74, 6) is -0.446. The monoisotopic (exact) mass is 503 g/mol. The number of rotatable bonds is 8. The lowest BCUT2D eigenvalue weighted by Crippen LogP contribution is -3.11. The Labute approximate surface area is 217 Å². The molecular weight excluding hydrogens is 468 g/mol. The van der Waals surface area contributed by atoms with E-state index in [2.05, 4.69) is 24.9 Å². The molecule has 0 saturated carbocycles. The number of fused-ring (bicyclic) bond motifs is 4. The number of aromatic amines is 1. The number of methoxy groups -OCH3 is 1. The molecule has 0 aliphatic carbocycles. The quantitative estimate of drug-likeness (QED) is 0.460. The number of quaternary nitrogens is 1.